The van der Waals surface area contributed by atoms with Crippen molar-refractivity contribution in [3.05, 3.63) is 34.6 Å². The number of benzene rings is 1. The van der Waals surface area contributed by atoms with Gasteiger partial charge in [0.05, 0.1) is 18.5 Å². The first kappa shape index (κ1) is 19.2. The van der Waals surface area contributed by atoms with Crippen molar-refractivity contribution < 1.29 is 15.3 Å². The van der Waals surface area contributed by atoms with Gasteiger partial charge < -0.3 is 30.9 Å². The highest BCUT2D eigenvalue weighted by Crippen LogP contribution is 2.37. The van der Waals surface area contributed by atoms with Crippen molar-refractivity contribution in [1.82, 2.24) is 19.5 Å². The Hall–Kier alpha value is -2.17. The molecule has 0 amide bonds. The van der Waals surface area contributed by atoms with E-state index in [9.17, 15) is 15.3 Å². The molecule has 0 radical (unpaired) electrons. The van der Waals surface area contributed by atoms with Gasteiger partial charge in [-0.2, -0.15) is 9.97 Å². The number of nitrogens with one attached hydrogen (secondary N) is 1. The van der Waals surface area contributed by atoms with E-state index in [0.717, 1.165) is 0 Å². The molecule has 3 aromatic rings. The lowest BCUT2D eigenvalue weighted by Crippen LogP contribution is -2.30. The molecule has 9 nitrogen and oxygen atoms in total. The van der Waals surface area contributed by atoms with Gasteiger partial charge in [0, 0.05) is 28.3 Å². The highest BCUT2D eigenvalue weighted by Gasteiger charge is 2.42. The molecule has 0 unspecified atom stereocenters. The minimum Gasteiger partial charge on any atom is -0.396 e. The SMILES string of the molecule is Nc1nc(Nc2cc(Cl)cc(Cl)c2)nc2c1ncn2[C@@H]1C[C@H](CO)[C@@H](O)[C@@H]1O. The van der Waals surface area contributed by atoms with E-state index in [1.54, 1.807) is 22.8 Å². The van der Waals surface area contributed by atoms with Crippen molar-refractivity contribution in [1.29, 1.82) is 0 Å². The monoisotopic (exact) mass is 424 g/mol. The molecule has 4 rings (SSSR count). The number of aliphatic hydroxyl groups excluding tert-OH is 3. The lowest BCUT2D eigenvalue weighted by atomic mass is 10.1. The standard InChI is InChI=1S/C17H18Cl2N6O3/c18-8-2-9(19)4-10(3-8)22-17-23-15(20)12-16(24-17)25(6-21-12)11-1-7(5-26)13(27)14(11)28/h2-4,6-7,11,13-14,26-28H,1,5H2,(H3,20,22,23,24)/t7-,11-,13-,14-/m1/s1. The van der Waals surface area contributed by atoms with Crippen molar-refractivity contribution >= 4 is 51.8 Å². The molecule has 1 saturated carbocycles. The molecule has 0 saturated heterocycles. The minimum atomic E-state index is -1.06. The highest BCUT2D eigenvalue weighted by molar-refractivity contribution is 6.35. The van der Waals surface area contributed by atoms with Crippen LogP contribution >= 0.6 is 23.2 Å². The lowest BCUT2D eigenvalue weighted by molar-refractivity contribution is -0.00370. The van der Waals surface area contributed by atoms with Gasteiger partial charge in [0.1, 0.15) is 11.6 Å². The number of halogens is 2. The van der Waals surface area contributed by atoms with Gasteiger partial charge in [-0.05, 0) is 24.6 Å². The summed E-state index contributed by atoms with van der Waals surface area (Å²) < 4.78 is 1.65. The molecule has 148 valence electrons. The molecule has 4 atom stereocenters. The number of hydrogen-bond acceptors (Lipinski definition) is 8. The summed E-state index contributed by atoms with van der Waals surface area (Å²) in [5.41, 5.74) is 7.39. The Morgan fingerprint density at radius 2 is 1.86 bits per heavy atom. The number of rotatable bonds is 4. The maximum Gasteiger partial charge on any atom is 0.231 e. The van der Waals surface area contributed by atoms with Crippen LogP contribution in [0, 0.1) is 5.92 Å². The van der Waals surface area contributed by atoms with Crippen LogP contribution in [-0.4, -0.2) is 53.7 Å². The first-order valence-corrected chi connectivity index (χ1v) is 9.33. The Morgan fingerprint density at radius 3 is 2.50 bits per heavy atom. The van der Waals surface area contributed by atoms with Gasteiger partial charge >= 0.3 is 0 Å². The van der Waals surface area contributed by atoms with Crippen LogP contribution in [0.5, 0.6) is 0 Å². The fourth-order valence-electron chi connectivity index (χ4n) is 3.55. The third kappa shape index (κ3) is 3.36. The van der Waals surface area contributed by atoms with Crippen LogP contribution in [0.15, 0.2) is 24.5 Å². The number of aliphatic hydroxyl groups is 3. The molecular weight excluding hydrogens is 407 g/mol. The first-order chi connectivity index (χ1) is 13.4. The number of nitrogen functional groups attached to an aromatic ring is 1. The number of nitrogens with zero attached hydrogens (tertiary/aromatic N) is 4. The molecule has 11 heteroatoms. The quantitative estimate of drug-likeness (QED) is 0.426. The van der Waals surface area contributed by atoms with Gasteiger partial charge in [-0.15, -0.1) is 0 Å². The Morgan fingerprint density at radius 1 is 1.14 bits per heavy atom. The lowest BCUT2D eigenvalue weighted by Gasteiger charge is -2.18. The van der Waals surface area contributed by atoms with Crippen LogP contribution in [0.2, 0.25) is 10.0 Å². The fourth-order valence-corrected chi connectivity index (χ4v) is 4.07. The van der Waals surface area contributed by atoms with E-state index in [0.29, 0.717) is 33.3 Å². The molecule has 0 aliphatic heterocycles. The van der Waals surface area contributed by atoms with Gasteiger partial charge in [0.2, 0.25) is 5.95 Å². The number of anilines is 3. The minimum absolute atomic E-state index is 0.158. The van der Waals surface area contributed by atoms with Gasteiger partial charge in [0.25, 0.3) is 0 Å². The zero-order chi connectivity index (χ0) is 20.0. The average molecular weight is 425 g/mol. The van der Waals surface area contributed by atoms with Gasteiger partial charge in [-0.1, -0.05) is 23.2 Å². The third-order valence-electron chi connectivity index (χ3n) is 4.93. The van der Waals surface area contributed by atoms with Gasteiger partial charge in [0.15, 0.2) is 11.5 Å². The van der Waals surface area contributed by atoms with E-state index in [2.05, 4.69) is 20.3 Å². The normalized spacial score (nSPS) is 24.8. The summed E-state index contributed by atoms with van der Waals surface area (Å²) in [5, 5.41) is 33.8. The Labute approximate surface area is 169 Å². The molecule has 6 N–H and O–H groups in total. The van der Waals surface area contributed by atoms with Crippen LogP contribution in [0.25, 0.3) is 11.2 Å². The molecule has 1 aliphatic rings. The van der Waals surface area contributed by atoms with E-state index in [1.807, 2.05) is 0 Å². The Kier molecular flexibility index (Phi) is 5.02. The van der Waals surface area contributed by atoms with E-state index >= 15 is 0 Å². The summed E-state index contributed by atoms with van der Waals surface area (Å²) in [6, 6.07) is 4.43. The van der Waals surface area contributed by atoms with Crippen LogP contribution in [0.4, 0.5) is 17.5 Å². The number of hydrogen-bond donors (Lipinski definition) is 5. The van der Waals surface area contributed by atoms with Crippen LogP contribution in [0.1, 0.15) is 12.5 Å². The fraction of sp³-hybridized carbons (Fsp3) is 0.353. The number of fused-ring (bicyclic) bond motifs is 1. The highest BCUT2D eigenvalue weighted by atomic mass is 35.5. The van der Waals surface area contributed by atoms with Crippen molar-refractivity contribution in [2.45, 2.75) is 24.7 Å². The summed E-state index contributed by atoms with van der Waals surface area (Å²) in [4.78, 5) is 12.9. The average Bonchev–Trinajstić information content (AvgIpc) is 3.16. The van der Waals surface area contributed by atoms with Crippen LogP contribution < -0.4 is 11.1 Å². The second kappa shape index (κ2) is 7.34. The molecule has 28 heavy (non-hydrogen) atoms. The molecule has 1 aliphatic carbocycles. The van der Waals surface area contributed by atoms with Crippen LogP contribution in [0.3, 0.4) is 0 Å². The molecule has 0 bridgehead atoms. The summed E-state index contributed by atoms with van der Waals surface area (Å²) in [7, 11) is 0. The Bertz CT molecular complexity index is 1010. The zero-order valence-corrected chi connectivity index (χ0v) is 16.0. The molecular formula is C17H18Cl2N6O3. The second-order valence-electron chi connectivity index (χ2n) is 6.77. The zero-order valence-electron chi connectivity index (χ0n) is 14.5. The molecule has 2 aromatic heterocycles. The number of nitrogens with two attached hydrogens (primary N) is 1. The van der Waals surface area contributed by atoms with E-state index in [1.165, 1.54) is 6.33 Å². The third-order valence-corrected chi connectivity index (χ3v) is 5.37. The van der Waals surface area contributed by atoms with Crippen molar-refractivity contribution in [3.8, 4) is 0 Å². The van der Waals surface area contributed by atoms with Gasteiger partial charge in [-0.25, -0.2) is 4.98 Å². The Balaban J connectivity index is 1.73. The van der Waals surface area contributed by atoms with E-state index in [-0.39, 0.29) is 18.4 Å². The summed E-state index contributed by atoms with van der Waals surface area (Å²) in [6.45, 7) is -0.221. The topological polar surface area (TPSA) is 142 Å². The second-order valence-corrected chi connectivity index (χ2v) is 7.64. The summed E-state index contributed by atoms with van der Waals surface area (Å²) in [5.74, 6) is -0.0641. The molecule has 1 aromatic carbocycles. The maximum atomic E-state index is 10.4. The van der Waals surface area contributed by atoms with Crippen LogP contribution in [-0.2, 0) is 0 Å². The largest absolute Gasteiger partial charge is 0.396 e. The van der Waals surface area contributed by atoms with Crippen molar-refractivity contribution in [2.24, 2.45) is 5.92 Å². The maximum absolute atomic E-state index is 10.4. The number of imidazole rings is 1. The van der Waals surface area contributed by atoms with E-state index in [4.69, 9.17) is 28.9 Å². The van der Waals surface area contributed by atoms with Gasteiger partial charge in [-0.3, -0.25) is 0 Å². The summed E-state index contributed by atoms with van der Waals surface area (Å²) in [6.07, 6.45) is -0.219. The molecule has 0 spiro atoms. The predicted molar refractivity (Wildman–Crippen MR) is 106 cm³/mol. The summed E-state index contributed by atoms with van der Waals surface area (Å²) >= 11 is 12.0. The molecule has 1 fully saturated rings. The molecule has 2 heterocycles. The smallest absolute Gasteiger partial charge is 0.231 e. The van der Waals surface area contributed by atoms with Crippen molar-refractivity contribution in [2.75, 3.05) is 17.7 Å². The number of aromatic nitrogens is 4. The predicted octanol–water partition coefficient (Wildman–Crippen LogP) is 1.73. The first-order valence-electron chi connectivity index (χ1n) is 8.57. The van der Waals surface area contributed by atoms with Crippen molar-refractivity contribution in [3.63, 3.8) is 0 Å². The van der Waals surface area contributed by atoms with E-state index < -0.39 is 24.2 Å².